The van der Waals surface area contributed by atoms with Crippen LogP contribution in [0.5, 0.6) is 0 Å². The molecule has 2 fully saturated rings. The second-order valence-corrected chi connectivity index (χ2v) is 29.2. The van der Waals surface area contributed by atoms with Crippen LogP contribution >= 0.6 is 0 Å². The molecule has 0 spiro atoms. The van der Waals surface area contributed by atoms with Gasteiger partial charge in [0.25, 0.3) is 0 Å². The highest BCUT2D eigenvalue weighted by Crippen LogP contribution is 2.49. The van der Waals surface area contributed by atoms with E-state index in [0.717, 1.165) is 0 Å². The molecule has 0 aromatic carbocycles. The molecule has 8 heteroatoms. The second-order valence-electron chi connectivity index (χ2n) is 14.9. The topological polar surface area (TPSA) is 57.2 Å². The third-order valence-electron chi connectivity index (χ3n) is 7.95. The lowest BCUT2D eigenvalue weighted by Gasteiger charge is -2.51. The Kier molecular flexibility index (Phi) is 8.08. The van der Waals surface area contributed by atoms with Crippen LogP contribution in [0.2, 0.25) is 55.9 Å². The van der Waals surface area contributed by atoms with Gasteiger partial charge >= 0.3 is 0 Å². The smallest absolute Gasteiger partial charge is 0.192 e. The Morgan fingerprint density at radius 1 is 0.824 bits per heavy atom. The lowest BCUT2D eigenvalue weighted by atomic mass is 9.78. The van der Waals surface area contributed by atoms with Crippen molar-refractivity contribution in [1.82, 2.24) is 0 Å². The summed E-state index contributed by atoms with van der Waals surface area (Å²) in [6.45, 7) is 32.9. The molecule has 1 unspecified atom stereocenters. The van der Waals surface area contributed by atoms with E-state index in [0.29, 0.717) is 6.42 Å². The minimum absolute atomic E-state index is 0.0276. The standard InChI is InChI=1S/C26H52O5Si3/c1-23(2,3)33(12,13)30-19-18-26(27,16-17-32(9,10)11)22-21(28-25(7,8)29-22)20(19)31-34(14,15)24(4,5)6/h19-22,27H,18H2,1-15H3/t19-,20+,21-,22-,26?/m0/s1. The molecule has 1 saturated carbocycles. The average molecular weight is 529 g/mol. The number of ether oxygens (including phenoxy) is 2. The summed E-state index contributed by atoms with van der Waals surface area (Å²) < 4.78 is 26.9. The molecule has 198 valence electrons. The van der Waals surface area contributed by atoms with Crippen LogP contribution in [0, 0.1) is 11.5 Å². The lowest BCUT2D eigenvalue weighted by Crippen LogP contribution is -2.66. The van der Waals surface area contributed by atoms with E-state index in [1.807, 2.05) is 13.8 Å². The van der Waals surface area contributed by atoms with Gasteiger partial charge in [0.2, 0.25) is 0 Å². The van der Waals surface area contributed by atoms with E-state index >= 15 is 0 Å². The third-order valence-corrected chi connectivity index (χ3v) is 17.8. The molecule has 5 atom stereocenters. The summed E-state index contributed by atoms with van der Waals surface area (Å²) in [5.41, 5.74) is 2.05. The van der Waals surface area contributed by atoms with Crippen molar-refractivity contribution in [2.75, 3.05) is 0 Å². The monoisotopic (exact) mass is 528 g/mol. The van der Waals surface area contributed by atoms with E-state index in [1.165, 1.54) is 0 Å². The molecule has 2 rings (SSSR count). The highest BCUT2D eigenvalue weighted by Gasteiger charge is 2.63. The number of aliphatic hydroxyl groups is 1. The fourth-order valence-electron chi connectivity index (χ4n) is 3.89. The number of rotatable bonds is 4. The maximum absolute atomic E-state index is 12.0. The summed E-state index contributed by atoms with van der Waals surface area (Å²) in [5, 5.41) is 12.1. The van der Waals surface area contributed by atoms with Gasteiger partial charge in [-0.25, -0.2) is 0 Å². The van der Waals surface area contributed by atoms with Crippen molar-refractivity contribution < 1.29 is 23.4 Å². The van der Waals surface area contributed by atoms with Crippen molar-refractivity contribution in [2.24, 2.45) is 0 Å². The van der Waals surface area contributed by atoms with Gasteiger partial charge in [-0.15, -0.1) is 5.54 Å². The lowest BCUT2D eigenvalue weighted by molar-refractivity contribution is -0.161. The van der Waals surface area contributed by atoms with Gasteiger partial charge in [-0.2, -0.15) is 0 Å². The Morgan fingerprint density at radius 2 is 1.29 bits per heavy atom. The minimum Gasteiger partial charge on any atom is -0.411 e. The Hall–Kier alpha value is 0.0106. The zero-order chi connectivity index (χ0) is 26.8. The molecule has 1 N–H and O–H groups in total. The molecule has 0 aromatic heterocycles. The summed E-state index contributed by atoms with van der Waals surface area (Å²) in [7, 11) is -6.06. The molecule has 1 saturated heterocycles. The molecular weight excluding hydrogens is 477 g/mol. The molecular formula is C26H52O5Si3. The van der Waals surface area contributed by atoms with Crippen molar-refractivity contribution >= 4 is 24.7 Å². The quantitative estimate of drug-likeness (QED) is 0.343. The Bertz CT molecular complexity index is 807. The van der Waals surface area contributed by atoms with Crippen LogP contribution in [0.4, 0.5) is 0 Å². The molecule has 34 heavy (non-hydrogen) atoms. The summed E-state index contributed by atoms with van der Waals surface area (Å²) in [5.74, 6) is 2.44. The first kappa shape index (κ1) is 30.2. The van der Waals surface area contributed by atoms with Gasteiger partial charge in [0, 0.05) is 6.42 Å². The predicted molar refractivity (Wildman–Crippen MR) is 149 cm³/mol. The van der Waals surface area contributed by atoms with Crippen LogP contribution < -0.4 is 0 Å². The molecule has 1 heterocycles. The first-order valence-electron chi connectivity index (χ1n) is 12.8. The fraction of sp³-hybridized carbons (Fsp3) is 0.923. The van der Waals surface area contributed by atoms with Crippen molar-refractivity contribution in [3.8, 4) is 11.5 Å². The maximum atomic E-state index is 12.0. The van der Waals surface area contributed by atoms with Crippen molar-refractivity contribution in [1.29, 1.82) is 0 Å². The van der Waals surface area contributed by atoms with E-state index < -0.39 is 48.3 Å². The molecule has 5 nitrogen and oxygen atoms in total. The van der Waals surface area contributed by atoms with Gasteiger partial charge in [0.1, 0.15) is 20.3 Å². The summed E-state index contributed by atoms with van der Waals surface area (Å²) in [6, 6.07) is 0. The van der Waals surface area contributed by atoms with Gasteiger partial charge < -0.3 is 23.4 Å². The molecule has 0 bridgehead atoms. The van der Waals surface area contributed by atoms with Crippen LogP contribution in [0.25, 0.3) is 0 Å². The molecule has 0 amide bonds. The van der Waals surface area contributed by atoms with Crippen molar-refractivity contribution in [3.63, 3.8) is 0 Å². The number of fused-ring (bicyclic) bond motifs is 1. The summed E-state index contributed by atoms with van der Waals surface area (Å²) in [4.78, 5) is 0. The highest BCUT2D eigenvalue weighted by atomic mass is 28.4. The van der Waals surface area contributed by atoms with Crippen molar-refractivity contribution in [2.45, 2.75) is 154 Å². The van der Waals surface area contributed by atoms with Crippen molar-refractivity contribution in [3.05, 3.63) is 0 Å². The molecule has 1 aliphatic heterocycles. The van der Waals surface area contributed by atoms with E-state index in [-0.39, 0.29) is 22.3 Å². The van der Waals surface area contributed by atoms with Crippen LogP contribution in [-0.2, 0) is 18.3 Å². The Labute approximate surface area is 212 Å². The SMILES string of the molecule is CC1(C)O[C@H]2[C@H](O[Si](C)(C)C(C)(C)C)[C@@H](O[Si](C)(C)C(C)(C)C)CC(O)(C#C[Si](C)(C)C)[C@H]2O1. The second kappa shape index (κ2) is 9.09. The Balaban J connectivity index is 2.62. The summed E-state index contributed by atoms with van der Waals surface area (Å²) in [6.07, 6.45) is -1.32. The van der Waals surface area contributed by atoms with E-state index in [4.69, 9.17) is 18.3 Å². The van der Waals surface area contributed by atoms with Gasteiger partial charge in [-0.05, 0) is 50.1 Å². The number of hydrogen-bond donors (Lipinski definition) is 1. The molecule has 0 radical (unpaired) electrons. The molecule has 1 aliphatic carbocycles. The average Bonchev–Trinajstić information content (AvgIpc) is 2.90. The van der Waals surface area contributed by atoms with Gasteiger partial charge in [0.05, 0.1) is 12.2 Å². The van der Waals surface area contributed by atoms with Crippen LogP contribution in [0.1, 0.15) is 61.8 Å². The summed E-state index contributed by atoms with van der Waals surface area (Å²) >= 11 is 0. The highest BCUT2D eigenvalue weighted by molar-refractivity contribution is 6.83. The maximum Gasteiger partial charge on any atom is 0.192 e. The molecule has 0 aromatic rings. The van der Waals surface area contributed by atoms with Gasteiger partial charge in [-0.1, -0.05) is 67.1 Å². The molecule has 2 aliphatic rings. The van der Waals surface area contributed by atoms with E-state index in [1.54, 1.807) is 0 Å². The minimum atomic E-state index is -2.17. The van der Waals surface area contributed by atoms with E-state index in [9.17, 15) is 5.11 Å². The van der Waals surface area contributed by atoms with E-state index in [2.05, 4.69) is 98.8 Å². The Morgan fingerprint density at radius 3 is 1.74 bits per heavy atom. The predicted octanol–water partition coefficient (Wildman–Crippen LogP) is 6.30. The fourth-order valence-corrected chi connectivity index (χ4v) is 7.13. The van der Waals surface area contributed by atoms with Crippen LogP contribution in [0.3, 0.4) is 0 Å². The first-order chi connectivity index (χ1) is 14.8. The normalized spacial score (nSPS) is 32.7. The third kappa shape index (κ3) is 6.66. The van der Waals surface area contributed by atoms with Gasteiger partial charge in [0.15, 0.2) is 28.0 Å². The number of hydrogen-bond acceptors (Lipinski definition) is 5. The first-order valence-corrected chi connectivity index (χ1v) is 22.1. The zero-order valence-electron chi connectivity index (χ0n) is 24.6. The van der Waals surface area contributed by atoms with Gasteiger partial charge in [-0.3, -0.25) is 0 Å². The largest absolute Gasteiger partial charge is 0.411 e. The van der Waals surface area contributed by atoms with Crippen LogP contribution in [-0.4, -0.2) is 65.6 Å². The van der Waals surface area contributed by atoms with Crippen LogP contribution in [0.15, 0.2) is 0 Å². The zero-order valence-corrected chi connectivity index (χ0v) is 27.6.